The van der Waals surface area contributed by atoms with E-state index in [0.29, 0.717) is 15.0 Å². The zero-order valence-corrected chi connectivity index (χ0v) is 15.6. The molecule has 0 spiro atoms. The number of hydrogen-bond acceptors (Lipinski definition) is 4. The van der Waals surface area contributed by atoms with Gasteiger partial charge in [0.1, 0.15) is 12.2 Å². The third-order valence-electron chi connectivity index (χ3n) is 5.40. The molecule has 0 amide bonds. The Morgan fingerprint density at radius 3 is 2.50 bits per heavy atom. The lowest BCUT2D eigenvalue weighted by Gasteiger charge is -2.41. The summed E-state index contributed by atoms with van der Waals surface area (Å²) in [6, 6.07) is 0. The molecule has 6 unspecified atom stereocenters. The van der Waals surface area contributed by atoms with Gasteiger partial charge in [0.2, 0.25) is 0 Å². The SMILES string of the molecule is CCPC(C)(C(=O)OC1C2CC(=O)OC1C(C)C2)C(C)(C)C. The first-order valence-corrected chi connectivity index (χ1v) is 9.46. The van der Waals surface area contributed by atoms with Gasteiger partial charge in [-0.3, -0.25) is 9.59 Å². The van der Waals surface area contributed by atoms with Gasteiger partial charge in [0, 0.05) is 5.92 Å². The standard InChI is InChI=1S/C17H29O4P/c1-7-22-17(6,16(3,4)5)15(19)21-14-11-8-10(2)13(14)20-12(18)9-11/h10-11,13-14,22H,7-9H2,1-6H3. The lowest BCUT2D eigenvalue weighted by atomic mass is 9.81. The Morgan fingerprint density at radius 2 is 2.00 bits per heavy atom. The summed E-state index contributed by atoms with van der Waals surface area (Å²) >= 11 is 0. The number of ether oxygens (including phenoxy) is 2. The molecule has 2 fully saturated rings. The van der Waals surface area contributed by atoms with Crippen LogP contribution in [0, 0.1) is 17.3 Å². The maximum Gasteiger partial charge on any atom is 0.316 e. The number of esters is 2. The van der Waals surface area contributed by atoms with E-state index in [4.69, 9.17) is 9.47 Å². The molecule has 0 aromatic rings. The van der Waals surface area contributed by atoms with Gasteiger partial charge in [-0.05, 0) is 30.8 Å². The van der Waals surface area contributed by atoms with Crippen molar-refractivity contribution in [3.8, 4) is 0 Å². The van der Waals surface area contributed by atoms with E-state index in [1.807, 2.05) is 6.92 Å². The van der Waals surface area contributed by atoms with Gasteiger partial charge in [0.15, 0.2) is 0 Å². The third-order valence-corrected chi connectivity index (χ3v) is 7.42. The smallest absolute Gasteiger partial charge is 0.316 e. The largest absolute Gasteiger partial charge is 0.458 e. The lowest BCUT2D eigenvalue weighted by molar-refractivity contribution is -0.182. The fourth-order valence-electron chi connectivity index (χ4n) is 3.54. The van der Waals surface area contributed by atoms with E-state index in [0.717, 1.165) is 12.6 Å². The topological polar surface area (TPSA) is 52.6 Å². The molecule has 1 saturated heterocycles. The van der Waals surface area contributed by atoms with Gasteiger partial charge < -0.3 is 9.47 Å². The van der Waals surface area contributed by atoms with Crippen LogP contribution in [0.4, 0.5) is 0 Å². The maximum absolute atomic E-state index is 12.9. The monoisotopic (exact) mass is 328 g/mol. The first-order chi connectivity index (χ1) is 10.1. The van der Waals surface area contributed by atoms with Crippen LogP contribution in [-0.4, -0.2) is 35.5 Å². The van der Waals surface area contributed by atoms with Crippen molar-refractivity contribution in [1.29, 1.82) is 0 Å². The number of hydrogen-bond donors (Lipinski definition) is 0. The van der Waals surface area contributed by atoms with Gasteiger partial charge in [-0.25, -0.2) is 0 Å². The molecule has 2 rings (SSSR count). The molecule has 0 radical (unpaired) electrons. The van der Waals surface area contributed by atoms with E-state index >= 15 is 0 Å². The van der Waals surface area contributed by atoms with E-state index in [9.17, 15) is 9.59 Å². The van der Waals surface area contributed by atoms with Crippen LogP contribution in [0.2, 0.25) is 0 Å². The Labute approximate surface area is 135 Å². The highest BCUT2D eigenvalue weighted by Gasteiger charge is 2.53. The Morgan fingerprint density at radius 1 is 1.36 bits per heavy atom. The second-order valence-electron chi connectivity index (χ2n) is 7.91. The van der Waals surface area contributed by atoms with Gasteiger partial charge >= 0.3 is 11.9 Å². The number of carbonyl (C=O) groups is 2. The van der Waals surface area contributed by atoms with E-state index in [2.05, 4.69) is 34.6 Å². The first kappa shape index (κ1) is 17.7. The molecule has 6 atom stereocenters. The van der Waals surface area contributed by atoms with Crippen molar-refractivity contribution < 1.29 is 19.1 Å². The molecule has 5 heteroatoms. The van der Waals surface area contributed by atoms with Crippen LogP contribution in [0.15, 0.2) is 0 Å². The molecule has 1 aliphatic heterocycles. The molecule has 1 saturated carbocycles. The zero-order valence-electron chi connectivity index (χ0n) is 14.6. The maximum atomic E-state index is 12.9. The second kappa shape index (κ2) is 6.11. The highest BCUT2D eigenvalue weighted by atomic mass is 31.1. The molecule has 126 valence electrons. The molecule has 2 bridgehead atoms. The van der Waals surface area contributed by atoms with Crippen molar-refractivity contribution in [3.63, 3.8) is 0 Å². The summed E-state index contributed by atoms with van der Waals surface area (Å²) in [7, 11) is 0.523. The quantitative estimate of drug-likeness (QED) is 0.586. The molecule has 22 heavy (non-hydrogen) atoms. The van der Waals surface area contributed by atoms with Crippen LogP contribution in [0.5, 0.6) is 0 Å². The van der Waals surface area contributed by atoms with Gasteiger partial charge in [-0.2, -0.15) is 0 Å². The van der Waals surface area contributed by atoms with Gasteiger partial charge in [0.05, 0.1) is 11.6 Å². The summed E-state index contributed by atoms with van der Waals surface area (Å²) in [6.45, 7) is 12.5. The molecule has 1 heterocycles. The minimum Gasteiger partial charge on any atom is -0.458 e. The molecule has 0 aromatic heterocycles. The van der Waals surface area contributed by atoms with Crippen LogP contribution >= 0.6 is 8.58 Å². The molecular weight excluding hydrogens is 299 g/mol. The average Bonchev–Trinajstić information content (AvgIpc) is 2.56. The molecule has 2 aliphatic rings. The zero-order chi connectivity index (χ0) is 16.7. The molecule has 1 aliphatic carbocycles. The van der Waals surface area contributed by atoms with Crippen LogP contribution in [0.25, 0.3) is 0 Å². The summed E-state index contributed by atoms with van der Waals surface area (Å²) in [5, 5.41) is -0.494. The minimum absolute atomic E-state index is 0.124. The van der Waals surface area contributed by atoms with E-state index in [1.54, 1.807) is 0 Å². The Kier molecular flexibility index (Phi) is 4.92. The van der Waals surface area contributed by atoms with Crippen molar-refractivity contribution in [2.45, 2.75) is 71.7 Å². The van der Waals surface area contributed by atoms with E-state index < -0.39 is 5.16 Å². The summed E-state index contributed by atoms with van der Waals surface area (Å²) < 4.78 is 11.4. The summed E-state index contributed by atoms with van der Waals surface area (Å²) in [5.74, 6) is 0.107. The normalized spacial score (nSPS) is 34.5. The highest BCUT2D eigenvalue weighted by molar-refractivity contribution is 7.41. The van der Waals surface area contributed by atoms with Crippen molar-refractivity contribution in [3.05, 3.63) is 0 Å². The fraction of sp³-hybridized carbons (Fsp3) is 0.882. The second-order valence-corrected chi connectivity index (χ2v) is 9.97. The Balaban J connectivity index is 2.16. The van der Waals surface area contributed by atoms with Crippen LogP contribution in [-0.2, 0) is 19.1 Å². The van der Waals surface area contributed by atoms with Crippen molar-refractivity contribution in [2.75, 3.05) is 6.16 Å². The molecule has 0 aromatic carbocycles. The van der Waals surface area contributed by atoms with E-state index in [-0.39, 0.29) is 41.4 Å². The van der Waals surface area contributed by atoms with Crippen LogP contribution in [0.3, 0.4) is 0 Å². The molecule has 4 nitrogen and oxygen atoms in total. The predicted molar refractivity (Wildman–Crippen MR) is 88.4 cm³/mol. The number of fused-ring (bicyclic) bond motifs is 2. The van der Waals surface area contributed by atoms with Crippen molar-refractivity contribution in [1.82, 2.24) is 0 Å². The third kappa shape index (κ3) is 3.04. The van der Waals surface area contributed by atoms with Crippen LogP contribution < -0.4 is 0 Å². The molecular formula is C17H29O4P. The average molecular weight is 328 g/mol. The highest BCUT2D eigenvalue weighted by Crippen LogP contribution is 2.48. The predicted octanol–water partition coefficient (Wildman–Crippen LogP) is 3.37. The van der Waals surface area contributed by atoms with Gasteiger partial charge in [-0.15, -0.1) is 8.58 Å². The van der Waals surface area contributed by atoms with E-state index in [1.165, 1.54) is 0 Å². The Hall–Kier alpha value is -0.630. The fourth-order valence-corrected chi connectivity index (χ4v) is 4.98. The van der Waals surface area contributed by atoms with Crippen molar-refractivity contribution in [2.24, 2.45) is 17.3 Å². The number of carbonyl (C=O) groups excluding carboxylic acids is 2. The number of rotatable bonds is 4. The van der Waals surface area contributed by atoms with Gasteiger partial charge in [0.25, 0.3) is 0 Å². The van der Waals surface area contributed by atoms with Crippen molar-refractivity contribution >= 4 is 20.5 Å². The molecule has 0 N–H and O–H groups in total. The first-order valence-electron chi connectivity index (χ1n) is 8.25. The minimum atomic E-state index is -0.494. The summed E-state index contributed by atoms with van der Waals surface area (Å²) in [5.41, 5.74) is -0.158. The lowest BCUT2D eigenvalue weighted by Crippen LogP contribution is -2.49. The van der Waals surface area contributed by atoms with Gasteiger partial charge in [-0.1, -0.05) is 34.6 Å². The summed E-state index contributed by atoms with van der Waals surface area (Å²) in [6.07, 6.45) is 1.72. The summed E-state index contributed by atoms with van der Waals surface area (Å²) in [4.78, 5) is 24.5. The Bertz CT molecular complexity index is 456. The van der Waals surface area contributed by atoms with Crippen LogP contribution in [0.1, 0.15) is 54.4 Å².